The second kappa shape index (κ2) is 11.4. The molecular weight excluding hydrogens is 528 g/mol. The topological polar surface area (TPSA) is 91.3 Å². The third kappa shape index (κ3) is 5.57. The van der Waals surface area contributed by atoms with E-state index in [1.54, 1.807) is 23.9 Å². The molecule has 0 aromatic carbocycles. The van der Waals surface area contributed by atoms with Gasteiger partial charge in [0.25, 0.3) is 0 Å². The van der Waals surface area contributed by atoms with E-state index in [0.29, 0.717) is 42.4 Å². The molecule has 4 aliphatic carbocycles. The third-order valence-electron chi connectivity index (χ3n) is 12.1. The number of allylic oxidation sites excluding steroid dienone is 1. The van der Waals surface area contributed by atoms with Gasteiger partial charge in [0.15, 0.2) is 5.78 Å². The van der Waals surface area contributed by atoms with Crippen LogP contribution in [-0.4, -0.2) is 71.6 Å². The summed E-state index contributed by atoms with van der Waals surface area (Å²) in [6, 6.07) is -0.167. The molecule has 2 amide bonds. The standard InChI is InChI=1S/C34H54N4O4/c1-21(36-42-31(41)38(32(2,3)4)20-23-10-14-29(35-23)30(40)37(7)8)26-12-13-27-25-11-9-22-19-24(39)15-17-33(22,5)28(25)16-18-34(26,27)6/h19,23,25-29,35H,9-18,20H2,1-8H3/b36-21+/t23?,25-,26+,27-,28-,29?,33-,34+/m0/s1. The lowest BCUT2D eigenvalue weighted by Crippen LogP contribution is -2.52. The highest BCUT2D eigenvalue weighted by atomic mass is 16.7. The van der Waals surface area contributed by atoms with Gasteiger partial charge in [0.1, 0.15) is 0 Å². The summed E-state index contributed by atoms with van der Waals surface area (Å²) in [4.78, 5) is 47.1. The fourth-order valence-corrected chi connectivity index (χ4v) is 9.78. The first-order valence-electron chi connectivity index (χ1n) is 16.4. The van der Waals surface area contributed by atoms with Crippen molar-refractivity contribution >= 4 is 23.5 Å². The van der Waals surface area contributed by atoms with Crippen LogP contribution in [0.2, 0.25) is 0 Å². The van der Waals surface area contributed by atoms with E-state index < -0.39 is 11.6 Å². The minimum absolute atomic E-state index is 0.0374. The van der Waals surface area contributed by atoms with Crippen molar-refractivity contribution in [2.24, 2.45) is 39.7 Å². The summed E-state index contributed by atoms with van der Waals surface area (Å²) < 4.78 is 0. The van der Waals surface area contributed by atoms with Crippen LogP contribution in [0.5, 0.6) is 0 Å². The lowest BCUT2D eigenvalue weighted by Gasteiger charge is -2.58. The van der Waals surface area contributed by atoms with Crippen molar-refractivity contribution in [1.82, 2.24) is 15.1 Å². The lowest BCUT2D eigenvalue weighted by molar-refractivity contribution is -0.130. The van der Waals surface area contributed by atoms with E-state index in [0.717, 1.165) is 44.2 Å². The maximum atomic E-state index is 13.4. The first-order valence-corrected chi connectivity index (χ1v) is 16.4. The second-order valence-corrected chi connectivity index (χ2v) is 15.7. The molecule has 0 spiro atoms. The van der Waals surface area contributed by atoms with E-state index in [4.69, 9.17) is 4.84 Å². The van der Waals surface area contributed by atoms with Crippen LogP contribution < -0.4 is 5.32 Å². The Morgan fingerprint density at radius 1 is 1.02 bits per heavy atom. The summed E-state index contributed by atoms with van der Waals surface area (Å²) in [5, 5.41) is 7.93. The lowest BCUT2D eigenvalue weighted by atomic mass is 9.46. The molecule has 2 unspecified atom stereocenters. The average molecular weight is 583 g/mol. The number of hydrogen-bond donors (Lipinski definition) is 1. The van der Waals surface area contributed by atoms with E-state index in [9.17, 15) is 14.4 Å². The first-order chi connectivity index (χ1) is 19.6. The van der Waals surface area contributed by atoms with Gasteiger partial charge in [0, 0.05) is 44.6 Å². The number of nitrogens with zero attached hydrogens (tertiary/aromatic N) is 3. The monoisotopic (exact) mass is 582 g/mol. The van der Waals surface area contributed by atoms with Crippen LogP contribution in [-0.2, 0) is 14.4 Å². The molecule has 3 saturated carbocycles. The Hall–Kier alpha value is -2.22. The van der Waals surface area contributed by atoms with Gasteiger partial charge in [0.2, 0.25) is 5.91 Å². The fraction of sp³-hybridized carbons (Fsp3) is 0.824. The van der Waals surface area contributed by atoms with Crippen molar-refractivity contribution in [2.75, 3.05) is 20.6 Å². The first kappa shape index (κ1) is 31.2. The van der Waals surface area contributed by atoms with Crippen LogP contribution in [0.1, 0.15) is 106 Å². The molecule has 0 aromatic rings. The Morgan fingerprint density at radius 3 is 2.45 bits per heavy atom. The van der Waals surface area contributed by atoms with E-state index >= 15 is 0 Å². The van der Waals surface area contributed by atoms with Gasteiger partial charge < -0.3 is 10.2 Å². The van der Waals surface area contributed by atoms with E-state index in [1.807, 2.05) is 33.8 Å². The Bertz CT molecular complexity index is 1150. The molecule has 4 fully saturated rings. The van der Waals surface area contributed by atoms with Crippen LogP contribution in [0.4, 0.5) is 4.79 Å². The maximum absolute atomic E-state index is 13.4. The summed E-state index contributed by atoms with van der Waals surface area (Å²) in [7, 11) is 3.55. The number of rotatable bonds is 5. The number of oxime groups is 1. The predicted molar refractivity (Wildman–Crippen MR) is 165 cm³/mol. The number of hydrogen-bond acceptors (Lipinski definition) is 6. The molecule has 0 radical (unpaired) electrons. The van der Waals surface area contributed by atoms with Crippen LogP contribution in [0.3, 0.4) is 0 Å². The number of carbonyl (C=O) groups excluding carboxylic acids is 3. The molecular formula is C34H54N4O4. The zero-order valence-corrected chi connectivity index (χ0v) is 27.3. The average Bonchev–Trinajstić information content (AvgIpc) is 3.53. The zero-order valence-electron chi connectivity index (χ0n) is 27.3. The molecule has 0 bridgehead atoms. The fourth-order valence-electron chi connectivity index (χ4n) is 9.78. The van der Waals surface area contributed by atoms with Crippen molar-refractivity contribution in [3.05, 3.63) is 11.6 Å². The molecule has 1 heterocycles. The zero-order chi connectivity index (χ0) is 30.6. The van der Waals surface area contributed by atoms with Gasteiger partial charge in [-0.1, -0.05) is 24.6 Å². The molecule has 1 N–H and O–H groups in total. The summed E-state index contributed by atoms with van der Waals surface area (Å²) >= 11 is 0. The smallest absolute Gasteiger partial charge is 0.347 e. The number of carbonyl (C=O) groups is 3. The summed E-state index contributed by atoms with van der Waals surface area (Å²) in [5.74, 6) is 2.71. The largest absolute Gasteiger partial charge is 0.436 e. The van der Waals surface area contributed by atoms with Crippen LogP contribution >= 0.6 is 0 Å². The Kier molecular flexibility index (Phi) is 8.45. The SMILES string of the molecule is C/C(=N\OC(=O)N(CC1CCC(C(=O)N(C)C)N1)C(C)(C)C)[C@H]1CC[C@H]2[C@@H]3CCC4=CC(=O)CC[C@]4(C)[C@H]3CC[C@]12C. The normalized spacial score (nSPS) is 38.2. The summed E-state index contributed by atoms with van der Waals surface area (Å²) in [6.07, 6.45) is 11.8. The van der Waals surface area contributed by atoms with Crippen molar-refractivity contribution in [3.8, 4) is 0 Å². The maximum Gasteiger partial charge on any atom is 0.436 e. The number of fused-ring (bicyclic) bond motifs is 5. The highest BCUT2D eigenvalue weighted by Crippen LogP contribution is 2.66. The Labute approximate surface area is 253 Å². The van der Waals surface area contributed by atoms with Crippen molar-refractivity contribution in [3.63, 3.8) is 0 Å². The number of ketones is 1. The molecule has 0 aromatic heterocycles. The van der Waals surface area contributed by atoms with Gasteiger partial charge in [0.05, 0.1) is 11.8 Å². The van der Waals surface area contributed by atoms with Crippen molar-refractivity contribution < 1.29 is 19.2 Å². The Morgan fingerprint density at radius 2 is 1.76 bits per heavy atom. The molecule has 5 aliphatic rings. The molecule has 1 aliphatic heterocycles. The molecule has 5 rings (SSSR count). The summed E-state index contributed by atoms with van der Waals surface area (Å²) in [6.45, 7) is 13.4. The van der Waals surface area contributed by atoms with Gasteiger partial charge in [-0.2, -0.15) is 0 Å². The highest BCUT2D eigenvalue weighted by molar-refractivity contribution is 5.91. The van der Waals surface area contributed by atoms with E-state index in [2.05, 4.69) is 24.3 Å². The van der Waals surface area contributed by atoms with E-state index in [1.165, 1.54) is 24.8 Å². The molecule has 8 nitrogen and oxygen atoms in total. The van der Waals surface area contributed by atoms with Crippen molar-refractivity contribution in [2.45, 2.75) is 123 Å². The minimum atomic E-state index is -0.442. The molecule has 8 atom stereocenters. The molecule has 42 heavy (non-hydrogen) atoms. The van der Waals surface area contributed by atoms with Gasteiger partial charge in [-0.15, -0.1) is 0 Å². The second-order valence-electron chi connectivity index (χ2n) is 15.7. The van der Waals surface area contributed by atoms with Crippen LogP contribution in [0.25, 0.3) is 0 Å². The number of nitrogens with one attached hydrogen (secondary N) is 1. The molecule has 8 heteroatoms. The third-order valence-corrected chi connectivity index (χ3v) is 12.1. The Balaban J connectivity index is 1.24. The highest BCUT2D eigenvalue weighted by Gasteiger charge is 2.59. The molecule has 1 saturated heterocycles. The van der Waals surface area contributed by atoms with E-state index in [-0.39, 0.29) is 28.8 Å². The quantitative estimate of drug-likeness (QED) is 0.246. The van der Waals surface area contributed by atoms with Gasteiger partial charge in [-0.25, -0.2) is 4.79 Å². The van der Waals surface area contributed by atoms with Crippen LogP contribution in [0.15, 0.2) is 16.8 Å². The minimum Gasteiger partial charge on any atom is -0.347 e. The van der Waals surface area contributed by atoms with Gasteiger partial charge in [-0.05, 0) is 120 Å². The van der Waals surface area contributed by atoms with Crippen LogP contribution in [0, 0.1) is 34.5 Å². The predicted octanol–water partition coefficient (Wildman–Crippen LogP) is 5.96. The summed E-state index contributed by atoms with van der Waals surface area (Å²) in [5.41, 5.74) is 2.25. The van der Waals surface area contributed by atoms with Gasteiger partial charge >= 0.3 is 6.09 Å². The molecule has 234 valence electrons. The number of amides is 2. The number of likely N-dealkylation sites (N-methyl/N-ethyl adjacent to an activating group) is 1. The van der Waals surface area contributed by atoms with Gasteiger partial charge in [-0.3, -0.25) is 19.3 Å². The van der Waals surface area contributed by atoms with Crippen molar-refractivity contribution in [1.29, 1.82) is 0 Å².